The molecule has 0 aromatic rings. The normalized spacial score (nSPS) is 45.8. The van der Waals surface area contributed by atoms with E-state index in [1.807, 2.05) is 6.08 Å². The quantitative estimate of drug-likeness (QED) is 0.754. The van der Waals surface area contributed by atoms with E-state index in [0.29, 0.717) is 18.3 Å². The van der Waals surface area contributed by atoms with Crippen LogP contribution in [0.3, 0.4) is 0 Å². The molecule has 0 saturated heterocycles. The number of ketones is 2. The van der Waals surface area contributed by atoms with Crippen molar-refractivity contribution >= 4 is 28.4 Å². The Kier molecular flexibility index (Phi) is 5.22. The summed E-state index contributed by atoms with van der Waals surface area (Å²) in [4.78, 5) is 36.4. The van der Waals surface area contributed by atoms with Crippen LogP contribution >= 0.6 is 11.8 Å². The smallest absolute Gasteiger partial charge is 0.186 e. The maximum absolute atomic E-state index is 13.1. The molecule has 4 nitrogen and oxygen atoms in total. The van der Waals surface area contributed by atoms with Crippen LogP contribution in [-0.4, -0.2) is 33.6 Å². The molecule has 3 fully saturated rings. The number of aliphatic hydroxyl groups excluding tert-OH is 1. The van der Waals surface area contributed by atoms with Crippen molar-refractivity contribution in [2.45, 2.75) is 59.5 Å². The van der Waals surface area contributed by atoms with Crippen molar-refractivity contribution in [3.63, 3.8) is 0 Å². The zero-order chi connectivity index (χ0) is 21.1. The van der Waals surface area contributed by atoms with Crippen LogP contribution in [0.2, 0.25) is 0 Å². The highest BCUT2D eigenvalue weighted by Crippen LogP contribution is 2.67. The molecule has 0 spiro atoms. The Morgan fingerprint density at radius 1 is 1.31 bits per heavy atom. The average molecular weight is 417 g/mol. The first-order valence-corrected chi connectivity index (χ1v) is 11.8. The summed E-state index contributed by atoms with van der Waals surface area (Å²) >= 11 is 1.10. The van der Waals surface area contributed by atoms with Crippen molar-refractivity contribution in [3.8, 4) is 0 Å². The fourth-order valence-electron chi connectivity index (χ4n) is 7.64. The molecular weight excluding hydrogens is 384 g/mol. The molecular formula is C24H32O4S. The van der Waals surface area contributed by atoms with Gasteiger partial charge in [0.2, 0.25) is 0 Å². The predicted octanol–water partition coefficient (Wildman–Crippen LogP) is 3.98. The third-order valence-electron chi connectivity index (χ3n) is 8.60. The molecule has 8 atom stereocenters. The van der Waals surface area contributed by atoms with Crippen LogP contribution in [0.15, 0.2) is 23.8 Å². The maximum Gasteiger partial charge on any atom is 0.186 e. The Morgan fingerprint density at radius 2 is 2.03 bits per heavy atom. The van der Waals surface area contributed by atoms with E-state index >= 15 is 0 Å². The molecule has 1 N–H and O–H groups in total. The first kappa shape index (κ1) is 21.0. The van der Waals surface area contributed by atoms with Crippen LogP contribution in [0.4, 0.5) is 0 Å². The molecule has 0 bridgehead atoms. The van der Waals surface area contributed by atoms with E-state index < -0.39 is 6.10 Å². The van der Waals surface area contributed by atoms with E-state index in [2.05, 4.69) is 20.8 Å². The molecule has 0 radical (unpaired) electrons. The summed E-state index contributed by atoms with van der Waals surface area (Å²) in [5, 5.41) is 11.4. The first-order chi connectivity index (χ1) is 13.6. The van der Waals surface area contributed by atoms with Gasteiger partial charge in [-0.1, -0.05) is 44.2 Å². The summed E-state index contributed by atoms with van der Waals surface area (Å²) in [6.45, 7) is 8.05. The molecule has 29 heavy (non-hydrogen) atoms. The number of allylic oxidation sites excluding steroid dienone is 4. The summed E-state index contributed by atoms with van der Waals surface area (Å²) in [6, 6.07) is 0. The lowest BCUT2D eigenvalue weighted by Gasteiger charge is -2.58. The molecule has 0 amide bonds. The first-order valence-electron chi connectivity index (χ1n) is 10.9. The molecule has 7 unspecified atom stereocenters. The zero-order valence-corrected chi connectivity index (χ0v) is 18.6. The van der Waals surface area contributed by atoms with Gasteiger partial charge >= 0.3 is 0 Å². The Morgan fingerprint density at radius 3 is 2.72 bits per heavy atom. The van der Waals surface area contributed by atoms with Crippen LogP contribution in [0.25, 0.3) is 0 Å². The van der Waals surface area contributed by atoms with Crippen LogP contribution in [0, 0.1) is 40.4 Å². The van der Waals surface area contributed by atoms with E-state index in [1.165, 1.54) is 6.92 Å². The SMILES string of the molecule is CC(=O)SCC(=O)C1[C@H](C)CC2C3CCC4=CC(=O)C=CC4(C)C3C(O)CC21C. The van der Waals surface area contributed by atoms with E-state index in [1.54, 1.807) is 12.2 Å². The summed E-state index contributed by atoms with van der Waals surface area (Å²) in [7, 11) is 0. The highest BCUT2D eigenvalue weighted by molar-refractivity contribution is 8.14. The summed E-state index contributed by atoms with van der Waals surface area (Å²) in [5.74, 6) is 1.47. The van der Waals surface area contributed by atoms with Gasteiger partial charge in [0.1, 0.15) is 5.78 Å². The molecule has 0 heterocycles. The molecule has 0 aromatic heterocycles. The number of fused-ring (bicyclic) bond motifs is 5. The number of thioether (sulfide) groups is 1. The number of aliphatic hydroxyl groups is 1. The molecule has 5 heteroatoms. The largest absolute Gasteiger partial charge is 0.393 e. The molecule has 158 valence electrons. The maximum atomic E-state index is 13.1. The Labute approximate surface area is 177 Å². The second-order valence-corrected chi connectivity index (χ2v) is 11.4. The third-order valence-corrected chi connectivity index (χ3v) is 9.44. The second-order valence-electron chi connectivity index (χ2n) is 10.2. The van der Waals surface area contributed by atoms with Gasteiger partial charge < -0.3 is 5.11 Å². The van der Waals surface area contributed by atoms with Gasteiger partial charge in [0.25, 0.3) is 0 Å². The number of hydrogen-bond acceptors (Lipinski definition) is 5. The van der Waals surface area contributed by atoms with Gasteiger partial charge in [0.05, 0.1) is 11.9 Å². The monoisotopic (exact) mass is 416 g/mol. The third kappa shape index (κ3) is 3.20. The number of carbonyl (C=O) groups is 3. The van der Waals surface area contributed by atoms with E-state index in [9.17, 15) is 19.5 Å². The van der Waals surface area contributed by atoms with E-state index in [0.717, 1.165) is 36.6 Å². The summed E-state index contributed by atoms with van der Waals surface area (Å²) < 4.78 is 0. The van der Waals surface area contributed by atoms with Crippen molar-refractivity contribution < 1.29 is 19.5 Å². The Hall–Kier alpha value is -1.20. The number of Topliss-reactive ketones (excluding diaryl/α,β-unsaturated/α-hetero) is 1. The molecule has 3 saturated carbocycles. The number of hydrogen-bond donors (Lipinski definition) is 1. The summed E-state index contributed by atoms with van der Waals surface area (Å²) in [6.07, 6.45) is 8.46. The van der Waals surface area contributed by atoms with Gasteiger partial charge in [-0.15, -0.1) is 0 Å². The zero-order valence-electron chi connectivity index (χ0n) is 17.8. The van der Waals surface area contributed by atoms with Gasteiger partial charge in [0, 0.05) is 24.2 Å². The topological polar surface area (TPSA) is 71.4 Å². The minimum atomic E-state index is -0.492. The van der Waals surface area contributed by atoms with Crippen molar-refractivity contribution in [2.75, 3.05) is 5.75 Å². The van der Waals surface area contributed by atoms with Gasteiger partial charge in [0.15, 0.2) is 10.9 Å². The fraction of sp³-hybridized carbons (Fsp3) is 0.708. The van der Waals surface area contributed by atoms with Crippen molar-refractivity contribution in [1.29, 1.82) is 0 Å². The summed E-state index contributed by atoms with van der Waals surface area (Å²) in [5.41, 5.74) is 0.665. The van der Waals surface area contributed by atoms with Crippen LogP contribution in [-0.2, 0) is 14.4 Å². The number of rotatable bonds is 3. The highest BCUT2D eigenvalue weighted by Gasteiger charge is 2.64. The van der Waals surface area contributed by atoms with Crippen LogP contribution < -0.4 is 0 Å². The predicted molar refractivity (Wildman–Crippen MR) is 114 cm³/mol. The lowest BCUT2D eigenvalue weighted by atomic mass is 9.46. The molecule has 4 aliphatic rings. The molecule has 0 aliphatic heterocycles. The van der Waals surface area contributed by atoms with Crippen molar-refractivity contribution in [1.82, 2.24) is 0 Å². The van der Waals surface area contributed by atoms with E-state index in [4.69, 9.17) is 0 Å². The molecule has 4 rings (SSSR count). The van der Waals surface area contributed by atoms with Gasteiger partial charge in [-0.05, 0) is 61.0 Å². The van der Waals surface area contributed by atoms with Gasteiger partial charge in [-0.2, -0.15) is 0 Å². The minimum absolute atomic E-state index is 0.0207. The van der Waals surface area contributed by atoms with Crippen molar-refractivity contribution in [3.05, 3.63) is 23.8 Å². The lowest BCUT2D eigenvalue weighted by Crippen LogP contribution is -2.56. The fourth-order valence-corrected chi connectivity index (χ4v) is 8.17. The van der Waals surface area contributed by atoms with Crippen LogP contribution in [0.1, 0.15) is 53.4 Å². The standard InChI is InChI=1S/C24H32O4S/c1-13-9-18-17-6-5-15-10-16(26)7-8-23(15,3)22(17)19(27)11-24(18,4)21(13)20(28)12-29-14(2)25/h7-8,10,13,17-19,21-22,27H,5-6,9,11-12H2,1-4H3/t13-,17?,18?,19?,21?,22?,23?,24?/m1/s1. The number of carbonyl (C=O) groups excluding carboxylic acids is 3. The highest BCUT2D eigenvalue weighted by atomic mass is 32.2. The molecule has 0 aromatic carbocycles. The van der Waals surface area contributed by atoms with Crippen molar-refractivity contribution in [2.24, 2.45) is 40.4 Å². The Balaban J connectivity index is 1.65. The minimum Gasteiger partial charge on any atom is -0.393 e. The molecule has 4 aliphatic carbocycles. The van der Waals surface area contributed by atoms with Gasteiger partial charge in [-0.3, -0.25) is 14.4 Å². The lowest BCUT2D eigenvalue weighted by molar-refractivity contribution is -0.138. The van der Waals surface area contributed by atoms with E-state index in [-0.39, 0.29) is 51.0 Å². The second kappa shape index (κ2) is 7.19. The van der Waals surface area contributed by atoms with Gasteiger partial charge in [-0.25, -0.2) is 0 Å². The average Bonchev–Trinajstić information content (AvgIpc) is 2.89. The Bertz CT molecular complexity index is 814. The van der Waals surface area contributed by atoms with Crippen LogP contribution in [0.5, 0.6) is 0 Å².